The lowest BCUT2D eigenvalue weighted by Gasteiger charge is -2.25. The average molecular weight is 639 g/mol. The number of anilines is 4. The minimum Gasteiger partial charge on any atom is -0.372 e. The Morgan fingerprint density at radius 2 is 0.812 bits per heavy atom. The van der Waals surface area contributed by atoms with Gasteiger partial charge in [0.1, 0.15) is 13.1 Å². The van der Waals surface area contributed by atoms with Crippen LogP contribution in [0.25, 0.3) is 0 Å². The molecule has 0 N–H and O–H groups in total. The Morgan fingerprint density at radius 1 is 0.438 bits per heavy atom. The van der Waals surface area contributed by atoms with Crippen LogP contribution in [0.1, 0.15) is 64.5 Å². The molecule has 4 heteroatoms. The van der Waals surface area contributed by atoms with E-state index in [1.807, 2.05) is 0 Å². The molecule has 0 bridgehead atoms. The molecule has 4 nitrogen and oxygen atoms in total. The molecule has 0 aliphatic heterocycles. The normalized spacial score (nSPS) is 12.4. The Morgan fingerprint density at radius 3 is 1.21 bits per heavy atom. The maximum Gasteiger partial charge on any atom is 0.212 e. The molecule has 0 saturated heterocycles. The number of nitrogens with zero attached hydrogens (tertiary/aromatic N) is 4. The van der Waals surface area contributed by atoms with Crippen molar-refractivity contribution in [1.29, 1.82) is 0 Å². The lowest BCUT2D eigenvalue weighted by Crippen LogP contribution is -2.25. The monoisotopic (exact) mass is 638 g/mol. The zero-order valence-electron chi connectivity index (χ0n) is 30.0. The first kappa shape index (κ1) is 34.6. The van der Waals surface area contributed by atoms with E-state index in [2.05, 4.69) is 182 Å². The Kier molecular flexibility index (Phi) is 12.2. The summed E-state index contributed by atoms with van der Waals surface area (Å²) in [6.45, 7) is 17.6. The first-order valence-corrected chi connectivity index (χ1v) is 18.0. The van der Waals surface area contributed by atoms with Crippen LogP contribution in [0.15, 0.2) is 121 Å². The number of hydrogen-bond acceptors (Lipinski definition) is 2. The molecular weight excluding hydrogens is 585 g/mol. The molecule has 48 heavy (non-hydrogen) atoms. The van der Waals surface area contributed by atoms with Crippen molar-refractivity contribution in [2.24, 2.45) is 0 Å². The number of aryl methyl sites for hydroxylation is 2. The number of hydrogen-bond donors (Lipinski definition) is 0. The topological polar surface area (TPSA) is 12.5 Å². The molecule has 0 atom stereocenters. The van der Waals surface area contributed by atoms with E-state index in [0.717, 1.165) is 86.0 Å². The highest BCUT2D eigenvalue weighted by molar-refractivity contribution is 6.18. The van der Waals surface area contributed by atoms with E-state index in [-0.39, 0.29) is 0 Å². The number of rotatable bonds is 14. The second-order valence-electron chi connectivity index (χ2n) is 12.9. The van der Waals surface area contributed by atoms with Crippen LogP contribution in [-0.4, -0.2) is 42.2 Å². The minimum absolute atomic E-state index is 1.07. The van der Waals surface area contributed by atoms with E-state index < -0.39 is 0 Å². The SMILES string of the molecule is CCCN(CCC)c1ccc([N+](=C2C=CC(=[N+](CCC)CCC)C=C2)c2ccc(N(c3ccc(C)cc3)c3ccc(C)cc3)cc2)cc1. The van der Waals surface area contributed by atoms with Gasteiger partial charge in [-0.25, -0.2) is 4.58 Å². The fourth-order valence-electron chi connectivity index (χ4n) is 6.48. The van der Waals surface area contributed by atoms with Crippen LogP contribution in [-0.2, 0) is 0 Å². The van der Waals surface area contributed by atoms with Crippen LogP contribution < -0.4 is 14.4 Å². The second kappa shape index (κ2) is 16.9. The molecule has 0 unspecified atom stereocenters. The standard InChI is InChI=1S/C44H54N4/c1-7-31-45(32-8-2)37-19-23-41(24-20-37)48(42-25-21-38(22-26-42)46(33-9-3)34-10-4)44-29-27-43(28-30-44)47(39-15-11-35(5)12-16-39)40-17-13-36(6)14-18-40/h11-30H,7-10,31-34H2,1-6H3/q+2. The quantitative estimate of drug-likeness (QED) is 0.101. The smallest absolute Gasteiger partial charge is 0.212 e. The summed E-state index contributed by atoms with van der Waals surface area (Å²) in [5.41, 5.74) is 11.9. The summed E-state index contributed by atoms with van der Waals surface area (Å²) < 4.78 is 4.88. The van der Waals surface area contributed by atoms with E-state index in [1.165, 1.54) is 22.5 Å². The lowest BCUT2D eigenvalue weighted by atomic mass is 10.1. The van der Waals surface area contributed by atoms with Crippen molar-refractivity contribution in [2.45, 2.75) is 67.2 Å². The fourth-order valence-corrected chi connectivity index (χ4v) is 6.48. The summed E-state index contributed by atoms with van der Waals surface area (Å²) >= 11 is 0. The van der Waals surface area contributed by atoms with E-state index in [0.29, 0.717) is 0 Å². The number of allylic oxidation sites excluding steroid dienone is 4. The highest BCUT2D eigenvalue weighted by atomic mass is 15.1. The van der Waals surface area contributed by atoms with Crippen LogP contribution >= 0.6 is 0 Å². The summed E-state index contributed by atoms with van der Waals surface area (Å²) in [6, 6.07) is 35.7. The Labute approximate surface area is 289 Å². The molecule has 1 aliphatic carbocycles. The van der Waals surface area contributed by atoms with E-state index >= 15 is 0 Å². The first-order chi connectivity index (χ1) is 23.4. The molecule has 0 spiro atoms. The summed E-state index contributed by atoms with van der Waals surface area (Å²) in [5.74, 6) is 0. The van der Waals surface area contributed by atoms with Gasteiger partial charge >= 0.3 is 0 Å². The largest absolute Gasteiger partial charge is 0.372 e. The molecule has 0 amide bonds. The highest BCUT2D eigenvalue weighted by Crippen LogP contribution is 2.36. The van der Waals surface area contributed by atoms with Crippen molar-refractivity contribution in [3.05, 3.63) is 132 Å². The fraction of sp³-hybridized carbons (Fsp3) is 0.318. The van der Waals surface area contributed by atoms with Gasteiger partial charge in [0.2, 0.25) is 17.1 Å². The van der Waals surface area contributed by atoms with Gasteiger partial charge in [0, 0.05) is 97.3 Å². The van der Waals surface area contributed by atoms with Gasteiger partial charge in [-0.15, -0.1) is 0 Å². The minimum atomic E-state index is 1.07. The highest BCUT2D eigenvalue weighted by Gasteiger charge is 2.23. The van der Waals surface area contributed by atoms with E-state index in [1.54, 1.807) is 0 Å². The van der Waals surface area contributed by atoms with E-state index in [9.17, 15) is 0 Å². The maximum atomic E-state index is 2.50. The van der Waals surface area contributed by atoms with Crippen LogP contribution in [0.3, 0.4) is 0 Å². The Balaban J connectivity index is 1.58. The van der Waals surface area contributed by atoms with Crippen molar-refractivity contribution < 1.29 is 4.58 Å². The maximum absolute atomic E-state index is 2.50. The van der Waals surface area contributed by atoms with Gasteiger partial charge in [-0.3, -0.25) is 0 Å². The van der Waals surface area contributed by atoms with Crippen LogP contribution in [0.2, 0.25) is 0 Å². The molecule has 4 aromatic rings. The third kappa shape index (κ3) is 8.41. The molecular formula is C44H54N4+2. The van der Waals surface area contributed by atoms with Crippen LogP contribution in [0.5, 0.6) is 0 Å². The zero-order chi connectivity index (χ0) is 33.9. The summed E-state index contributed by atoms with van der Waals surface area (Å²) in [5, 5.41) is 0. The van der Waals surface area contributed by atoms with Gasteiger partial charge in [0.15, 0.2) is 5.71 Å². The Hall–Kier alpha value is -4.70. The van der Waals surface area contributed by atoms with Crippen LogP contribution in [0.4, 0.5) is 34.1 Å². The van der Waals surface area contributed by atoms with Crippen molar-refractivity contribution in [2.75, 3.05) is 36.0 Å². The van der Waals surface area contributed by atoms with Crippen molar-refractivity contribution in [3.63, 3.8) is 0 Å². The van der Waals surface area contributed by atoms with Gasteiger partial charge in [0.25, 0.3) is 0 Å². The summed E-state index contributed by atoms with van der Waals surface area (Å²) in [7, 11) is 0. The molecule has 1 aliphatic rings. The molecule has 0 fully saturated rings. The zero-order valence-corrected chi connectivity index (χ0v) is 30.0. The lowest BCUT2D eigenvalue weighted by molar-refractivity contribution is -0.526. The third-order valence-electron chi connectivity index (χ3n) is 8.87. The van der Waals surface area contributed by atoms with Gasteiger partial charge in [-0.2, -0.15) is 4.58 Å². The summed E-state index contributed by atoms with van der Waals surface area (Å²) in [6.07, 6.45) is 13.7. The van der Waals surface area contributed by atoms with Gasteiger partial charge in [-0.1, -0.05) is 63.1 Å². The average Bonchev–Trinajstić information content (AvgIpc) is 3.11. The Bertz CT molecular complexity index is 1660. The van der Waals surface area contributed by atoms with Gasteiger partial charge in [0.05, 0.1) is 0 Å². The second-order valence-corrected chi connectivity index (χ2v) is 12.9. The van der Waals surface area contributed by atoms with Gasteiger partial charge in [-0.05, 0) is 75.2 Å². The van der Waals surface area contributed by atoms with Crippen molar-refractivity contribution >= 4 is 45.5 Å². The van der Waals surface area contributed by atoms with Crippen molar-refractivity contribution in [1.82, 2.24) is 4.58 Å². The molecule has 248 valence electrons. The van der Waals surface area contributed by atoms with Gasteiger partial charge < -0.3 is 9.80 Å². The predicted molar refractivity (Wildman–Crippen MR) is 210 cm³/mol. The third-order valence-corrected chi connectivity index (χ3v) is 8.87. The van der Waals surface area contributed by atoms with E-state index in [4.69, 9.17) is 0 Å². The molecule has 0 aromatic heterocycles. The molecule has 5 rings (SSSR count). The van der Waals surface area contributed by atoms with Crippen molar-refractivity contribution in [3.8, 4) is 0 Å². The molecule has 0 saturated carbocycles. The predicted octanol–water partition coefficient (Wildman–Crippen LogP) is 11.1. The van der Waals surface area contributed by atoms with Crippen LogP contribution in [0, 0.1) is 13.8 Å². The molecule has 0 heterocycles. The number of benzene rings is 4. The molecule has 0 radical (unpaired) electrons. The summed E-state index contributed by atoms with van der Waals surface area (Å²) in [4.78, 5) is 4.83. The first-order valence-electron chi connectivity index (χ1n) is 18.0. The molecule has 4 aromatic carbocycles.